The quantitative estimate of drug-likeness (QED) is 0.644. The van der Waals surface area contributed by atoms with E-state index < -0.39 is 6.10 Å². The molecule has 2 N–H and O–H groups in total. The molecule has 0 saturated carbocycles. The maximum absolute atomic E-state index is 11.5. The molecule has 0 aliphatic carbocycles. The molecule has 1 saturated heterocycles. The number of piperazine rings is 1. The van der Waals surface area contributed by atoms with Gasteiger partial charge in [-0.25, -0.2) is 0 Å². The molecule has 2 heterocycles. The smallest absolute Gasteiger partial charge is 0.234 e. The van der Waals surface area contributed by atoms with Crippen molar-refractivity contribution in [2.24, 2.45) is 0 Å². The zero-order chi connectivity index (χ0) is 21.2. The van der Waals surface area contributed by atoms with Crippen LogP contribution in [0.1, 0.15) is 5.56 Å². The Labute approximate surface area is 181 Å². The number of carbonyl (C=O) groups excluding carboxylic acids is 1. The van der Waals surface area contributed by atoms with Gasteiger partial charge < -0.3 is 19.9 Å². The summed E-state index contributed by atoms with van der Waals surface area (Å²) < 4.78 is 11.7. The van der Waals surface area contributed by atoms with Crippen LogP contribution >= 0.6 is 0 Å². The number of fused-ring (bicyclic) bond motifs is 2. The molecule has 1 amide bonds. The molecule has 2 aliphatic heterocycles. The number of hydrogen-bond donors (Lipinski definition) is 2. The third-order valence-corrected chi connectivity index (χ3v) is 5.86. The predicted octanol–water partition coefficient (Wildman–Crippen LogP) is 2.61. The Morgan fingerprint density at radius 1 is 1.16 bits per heavy atom. The molecule has 0 radical (unpaired) electrons. The molecule has 1 fully saturated rings. The highest BCUT2D eigenvalue weighted by atomic mass is 16.5. The second-order valence-electron chi connectivity index (χ2n) is 8.16. The fourth-order valence-electron chi connectivity index (χ4n) is 4.35. The summed E-state index contributed by atoms with van der Waals surface area (Å²) in [5.41, 5.74) is 3.46. The van der Waals surface area contributed by atoms with E-state index in [1.807, 2.05) is 35.2 Å². The Morgan fingerprint density at radius 3 is 2.97 bits per heavy atom. The number of β-amino-alcohol motifs (C(OH)–C–C–N with tert-alkyl or cyclic N) is 1. The third-order valence-electron chi connectivity index (χ3n) is 5.86. The second kappa shape index (κ2) is 8.57. The van der Waals surface area contributed by atoms with Gasteiger partial charge in [0.05, 0.1) is 13.2 Å². The van der Waals surface area contributed by atoms with Crippen LogP contribution in [-0.4, -0.2) is 61.4 Å². The van der Waals surface area contributed by atoms with Crippen molar-refractivity contribution in [2.45, 2.75) is 12.5 Å². The van der Waals surface area contributed by atoms with E-state index in [4.69, 9.17) is 9.47 Å². The minimum atomic E-state index is -0.669. The third kappa shape index (κ3) is 4.36. The van der Waals surface area contributed by atoms with Crippen LogP contribution in [0.3, 0.4) is 0 Å². The zero-order valence-corrected chi connectivity index (χ0v) is 17.3. The van der Waals surface area contributed by atoms with Crippen molar-refractivity contribution < 1.29 is 19.4 Å². The summed E-state index contributed by atoms with van der Waals surface area (Å²) in [6, 6.07) is 18.6. The molecule has 1 unspecified atom stereocenters. The van der Waals surface area contributed by atoms with E-state index in [-0.39, 0.29) is 12.5 Å². The van der Waals surface area contributed by atoms with Crippen LogP contribution in [0.2, 0.25) is 0 Å². The summed E-state index contributed by atoms with van der Waals surface area (Å²) >= 11 is 0. The fraction of sp³-hybridized carbons (Fsp3) is 0.320. The number of rotatable bonds is 6. The van der Waals surface area contributed by atoms with Crippen LogP contribution in [0.4, 0.5) is 0 Å². The molecule has 160 valence electrons. The minimum Gasteiger partial charge on any atom is -0.493 e. The van der Waals surface area contributed by atoms with Crippen molar-refractivity contribution in [2.75, 3.05) is 39.4 Å². The van der Waals surface area contributed by atoms with Crippen molar-refractivity contribution in [1.29, 1.82) is 0 Å². The molecule has 3 aromatic carbocycles. The van der Waals surface area contributed by atoms with Gasteiger partial charge in [-0.1, -0.05) is 30.3 Å². The molecular weight excluding hydrogens is 392 g/mol. The Bertz CT molecular complexity index is 1110. The number of hydrogen-bond acceptors (Lipinski definition) is 5. The van der Waals surface area contributed by atoms with E-state index in [1.165, 1.54) is 5.56 Å². The summed E-state index contributed by atoms with van der Waals surface area (Å²) in [4.78, 5) is 13.5. The molecule has 0 bridgehead atoms. The number of aliphatic hydroxyl groups excluding tert-OH is 1. The number of amides is 1. The number of nitrogens with zero attached hydrogens (tertiary/aromatic N) is 1. The van der Waals surface area contributed by atoms with Crippen LogP contribution in [0, 0.1) is 0 Å². The lowest BCUT2D eigenvalue weighted by atomic mass is 9.96. The largest absolute Gasteiger partial charge is 0.493 e. The summed E-state index contributed by atoms with van der Waals surface area (Å²) in [6.45, 7) is 3.00. The molecule has 3 aromatic rings. The van der Waals surface area contributed by atoms with E-state index in [1.54, 1.807) is 0 Å². The number of ether oxygens (including phenoxy) is 2. The van der Waals surface area contributed by atoms with E-state index in [0.29, 0.717) is 19.6 Å². The highest BCUT2D eigenvalue weighted by Gasteiger charge is 2.20. The van der Waals surface area contributed by atoms with E-state index in [0.717, 1.165) is 53.0 Å². The van der Waals surface area contributed by atoms with Gasteiger partial charge in [0.15, 0.2) is 0 Å². The van der Waals surface area contributed by atoms with Crippen LogP contribution in [0.25, 0.3) is 21.9 Å². The number of aliphatic hydroxyl groups is 1. The predicted molar refractivity (Wildman–Crippen MR) is 120 cm³/mol. The van der Waals surface area contributed by atoms with Gasteiger partial charge in [0.25, 0.3) is 0 Å². The van der Waals surface area contributed by atoms with Gasteiger partial charge >= 0.3 is 0 Å². The molecule has 5 rings (SSSR count). The van der Waals surface area contributed by atoms with Crippen molar-refractivity contribution in [3.05, 3.63) is 60.2 Å². The normalized spacial score (nSPS) is 17.1. The minimum absolute atomic E-state index is 0.00159. The first-order chi connectivity index (χ1) is 15.2. The first-order valence-corrected chi connectivity index (χ1v) is 10.7. The van der Waals surface area contributed by atoms with Gasteiger partial charge in [-0.3, -0.25) is 9.69 Å². The van der Waals surface area contributed by atoms with Crippen molar-refractivity contribution in [1.82, 2.24) is 10.2 Å². The molecular formula is C25H26N2O4. The summed E-state index contributed by atoms with van der Waals surface area (Å²) in [5.74, 6) is 1.69. The molecule has 2 aliphatic rings. The first-order valence-electron chi connectivity index (χ1n) is 10.7. The standard InChI is InChI=1S/C25H26N2O4/c28-20(14-27-9-8-26-25(29)15-27)16-31-21-12-17-3-1-2-4-22(17)23(13-21)18-5-6-24-19(11-18)7-10-30-24/h1-6,11-13,20,28H,7-10,14-16H2,(H,26,29). The van der Waals surface area contributed by atoms with E-state index >= 15 is 0 Å². The SMILES string of the molecule is O=C1CN(CC(O)COc2cc(-c3ccc4c(c3)CCO4)c3ccccc3c2)CCN1. The van der Waals surface area contributed by atoms with E-state index in [2.05, 4.69) is 29.6 Å². The molecule has 6 nitrogen and oxygen atoms in total. The number of carbonyl (C=O) groups is 1. The summed E-state index contributed by atoms with van der Waals surface area (Å²) in [6.07, 6.45) is 0.260. The summed E-state index contributed by atoms with van der Waals surface area (Å²) in [5, 5.41) is 15.5. The Balaban J connectivity index is 1.36. The van der Waals surface area contributed by atoms with Gasteiger partial charge in [-0.05, 0) is 51.7 Å². The van der Waals surface area contributed by atoms with Crippen molar-refractivity contribution >= 4 is 16.7 Å². The lowest BCUT2D eigenvalue weighted by molar-refractivity contribution is -0.124. The van der Waals surface area contributed by atoms with Crippen molar-refractivity contribution in [3.8, 4) is 22.6 Å². The van der Waals surface area contributed by atoms with Crippen LogP contribution in [0.5, 0.6) is 11.5 Å². The molecule has 0 spiro atoms. The van der Waals surface area contributed by atoms with Crippen LogP contribution in [-0.2, 0) is 11.2 Å². The Kier molecular flexibility index (Phi) is 5.49. The van der Waals surface area contributed by atoms with Crippen LogP contribution in [0.15, 0.2) is 54.6 Å². The zero-order valence-electron chi connectivity index (χ0n) is 17.3. The maximum Gasteiger partial charge on any atom is 0.234 e. The van der Waals surface area contributed by atoms with Gasteiger partial charge in [0.1, 0.15) is 24.2 Å². The lowest BCUT2D eigenvalue weighted by Gasteiger charge is -2.28. The highest BCUT2D eigenvalue weighted by Crippen LogP contribution is 2.36. The number of nitrogens with one attached hydrogen (secondary N) is 1. The van der Waals surface area contributed by atoms with Gasteiger partial charge in [-0.15, -0.1) is 0 Å². The topological polar surface area (TPSA) is 71.0 Å². The lowest BCUT2D eigenvalue weighted by Crippen LogP contribution is -2.50. The molecule has 6 heteroatoms. The Morgan fingerprint density at radius 2 is 2.06 bits per heavy atom. The average molecular weight is 418 g/mol. The molecule has 31 heavy (non-hydrogen) atoms. The summed E-state index contributed by atoms with van der Waals surface area (Å²) in [7, 11) is 0. The first kappa shape index (κ1) is 19.8. The molecule has 1 atom stereocenters. The molecule has 0 aromatic heterocycles. The maximum atomic E-state index is 11.5. The fourth-order valence-corrected chi connectivity index (χ4v) is 4.35. The monoisotopic (exact) mass is 418 g/mol. The highest BCUT2D eigenvalue weighted by molar-refractivity contribution is 5.98. The number of benzene rings is 3. The second-order valence-corrected chi connectivity index (χ2v) is 8.16. The van der Waals surface area contributed by atoms with Gasteiger partial charge in [0, 0.05) is 26.1 Å². The van der Waals surface area contributed by atoms with Gasteiger partial charge in [0.2, 0.25) is 5.91 Å². The average Bonchev–Trinajstić information content (AvgIpc) is 3.25. The Hall–Kier alpha value is -3.09. The van der Waals surface area contributed by atoms with E-state index in [9.17, 15) is 9.90 Å². The van der Waals surface area contributed by atoms with Crippen molar-refractivity contribution in [3.63, 3.8) is 0 Å². The van der Waals surface area contributed by atoms with Crippen LogP contribution < -0.4 is 14.8 Å². The van der Waals surface area contributed by atoms with Gasteiger partial charge in [-0.2, -0.15) is 0 Å².